The number of nitrogens with zero attached hydrogens (tertiary/aromatic N) is 2. The lowest BCUT2D eigenvalue weighted by Gasteiger charge is -2.35. The topological polar surface area (TPSA) is 51.2 Å². The van der Waals surface area contributed by atoms with E-state index in [1.54, 1.807) is 7.11 Å². The molecule has 0 spiro atoms. The number of piperidine rings is 1. The van der Waals surface area contributed by atoms with Crippen molar-refractivity contribution in [2.24, 2.45) is 0 Å². The first-order chi connectivity index (χ1) is 16.1. The van der Waals surface area contributed by atoms with Crippen LogP contribution in [0.25, 0.3) is 0 Å². The van der Waals surface area contributed by atoms with Gasteiger partial charge in [-0.1, -0.05) is 25.8 Å². The first-order valence-corrected chi connectivity index (χ1v) is 12.1. The Morgan fingerprint density at radius 3 is 2.36 bits per heavy atom. The Morgan fingerprint density at radius 2 is 1.70 bits per heavy atom. The van der Waals surface area contributed by atoms with Gasteiger partial charge in [-0.2, -0.15) is 0 Å². The average Bonchev–Trinajstić information content (AvgIpc) is 2.84. The highest BCUT2D eigenvalue weighted by atomic mass is 16.5. The average molecular weight is 455 g/mol. The third-order valence-electron chi connectivity index (χ3n) is 5.96. The first-order valence-electron chi connectivity index (χ1n) is 12.1. The predicted molar refractivity (Wildman–Crippen MR) is 133 cm³/mol. The van der Waals surface area contributed by atoms with Crippen molar-refractivity contribution >= 4 is 11.6 Å². The van der Waals surface area contributed by atoms with E-state index in [-0.39, 0.29) is 18.6 Å². The molecule has 1 fully saturated rings. The van der Waals surface area contributed by atoms with Crippen molar-refractivity contribution in [1.82, 2.24) is 4.90 Å². The fourth-order valence-corrected chi connectivity index (χ4v) is 4.18. The van der Waals surface area contributed by atoms with Gasteiger partial charge in [-0.05, 0) is 75.7 Å². The minimum absolute atomic E-state index is 0.0145. The largest absolute Gasteiger partial charge is 0.497 e. The molecule has 6 heteroatoms. The summed E-state index contributed by atoms with van der Waals surface area (Å²) in [5, 5.41) is 0. The van der Waals surface area contributed by atoms with Crippen molar-refractivity contribution in [3.63, 3.8) is 0 Å². The van der Waals surface area contributed by atoms with Crippen LogP contribution in [0.1, 0.15) is 46.0 Å². The summed E-state index contributed by atoms with van der Waals surface area (Å²) < 4.78 is 17.0. The molecule has 0 N–H and O–H groups in total. The molecule has 1 amide bonds. The summed E-state index contributed by atoms with van der Waals surface area (Å²) in [6.07, 6.45) is 5.87. The Kier molecular flexibility index (Phi) is 9.88. The molecule has 1 aliphatic heterocycles. The number of unbranched alkanes of at least 4 members (excludes halogenated alkanes) is 1. The van der Waals surface area contributed by atoms with Crippen LogP contribution in [0.15, 0.2) is 48.5 Å². The van der Waals surface area contributed by atoms with Crippen LogP contribution in [0, 0.1) is 0 Å². The summed E-state index contributed by atoms with van der Waals surface area (Å²) in [7, 11) is 1.64. The molecular weight excluding hydrogens is 416 g/mol. The van der Waals surface area contributed by atoms with E-state index in [0.29, 0.717) is 12.4 Å². The third kappa shape index (κ3) is 7.67. The molecule has 1 aliphatic rings. The third-order valence-corrected chi connectivity index (χ3v) is 5.96. The zero-order valence-electron chi connectivity index (χ0n) is 20.3. The van der Waals surface area contributed by atoms with Crippen molar-refractivity contribution in [1.29, 1.82) is 0 Å². The summed E-state index contributed by atoms with van der Waals surface area (Å²) in [6.45, 7) is 7.94. The molecule has 6 nitrogen and oxygen atoms in total. The molecule has 1 saturated heterocycles. The Hall–Kier alpha value is -2.73. The van der Waals surface area contributed by atoms with Crippen molar-refractivity contribution in [3.05, 3.63) is 48.5 Å². The number of carbonyl (C=O) groups excluding carboxylic acids is 1. The molecule has 33 heavy (non-hydrogen) atoms. The minimum atomic E-state index is -0.0731. The molecule has 1 heterocycles. The molecule has 0 aromatic heterocycles. The quantitative estimate of drug-likeness (QED) is 0.415. The normalized spacial score (nSPS) is 15.0. The molecule has 2 aromatic carbocycles. The van der Waals surface area contributed by atoms with Gasteiger partial charge in [0.05, 0.1) is 13.7 Å². The molecule has 180 valence electrons. The van der Waals surface area contributed by atoms with Gasteiger partial charge in [0.1, 0.15) is 17.2 Å². The summed E-state index contributed by atoms with van der Waals surface area (Å²) in [4.78, 5) is 17.7. The number of methoxy groups -OCH3 is 1. The summed E-state index contributed by atoms with van der Waals surface area (Å²) >= 11 is 0. The van der Waals surface area contributed by atoms with Crippen LogP contribution in [0.2, 0.25) is 0 Å². The molecule has 3 rings (SSSR count). The molecule has 0 bridgehead atoms. The van der Waals surface area contributed by atoms with Gasteiger partial charge in [-0.3, -0.25) is 4.79 Å². The van der Waals surface area contributed by atoms with Gasteiger partial charge in [-0.25, -0.2) is 0 Å². The zero-order valence-corrected chi connectivity index (χ0v) is 20.3. The number of carbonyl (C=O) groups is 1. The lowest BCUT2D eigenvalue weighted by molar-refractivity contribution is -0.121. The molecule has 0 aliphatic carbocycles. The van der Waals surface area contributed by atoms with E-state index in [9.17, 15) is 4.79 Å². The van der Waals surface area contributed by atoms with Crippen LogP contribution in [0.4, 0.5) is 5.69 Å². The Labute approximate surface area is 198 Å². The van der Waals surface area contributed by atoms with Crippen LogP contribution >= 0.6 is 0 Å². The predicted octanol–water partition coefficient (Wildman–Crippen LogP) is 5.16. The van der Waals surface area contributed by atoms with E-state index in [4.69, 9.17) is 14.2 Å². The van der Waals surface area contributed by atoms with Gasteiger partial charge in [0.25, 0.3) is 5.91 Å². The van der Waals surface area contributed by atoms with Crippen LogP contribution in [0.5, 0.6) is 17.2 Å². The van der Waals surface area contributed by atoms with E-state index < -0.39 is 0 Å². The molecular formula is C27H38N2O4. The fraction of sp³-hybridized carbons (Fsp3) is 0.519. The summed E-state index contributed by atoms with van der Waals surface area (Å²) in [5.41, 5.74) is 0.826. The highest BCUT2D eigenvalue weighted by molar-refractivity contribution is 5.95. The molecule has 2 aromatic rings. The van der Waals surface area contributed by atoms with Crippen LogP contribution in [-0.4, -0.2) is 56.8 Å². The monoisotopic (exact) mass is 454 g/mol. The lowest BCUT2D eigenvalue weighted by atomic mass is 10.1. The molecule has 1 atom stereocenters. The number of hydrogen-bond donors (Lipinski definition) is 0. The second-order valence-electron chi connectivity index (χ2n) is 8.64. The Balaban J connectivity index is 1.66. The van der Waals surface area contributed by atoms with Gasteiger partial charge in [0.15, 0.2) is 6.61 Å². The minimum Gasteiger partial charge on any atom is -0.497 e. The van der Waals surface area contributed by atoms with E-state index in [1.807, 2.05) is 53.4 Å². The van der Waals surface area contributed by atoms with E-state index >= 15 is 0 Å². The number of anilines is 1. The number of amides is 1. The maximum Gasteiger partial charge on any atom is 0.265 e. The van der Waals surface area contributed by atoms with Crippen molar-refractivity contribution in [2.75, 3.05) is 44.9 Å². The standard InChI is InChI=1S/C27H38N2O4/c1-4-5-18-32-24-12-14-25(15-13-24)33-21-27(30)29(23-10-9-11-26(19-23)31-3)22(2)20-28-16-7-6-8-17-28/h9-15,19,22H,4-8,16-18,20-21H2,1-3H3. The van der Waals surface area contributed by atoms with Crippen molar-refractivity contribution in [3.8, 4) is 17.2 Å². The SMILES string of the molecule is CCCCOc1ccc(OCC(=O)N(c2cccc(OC)c2)C(C)CN2CCCCC2)cc1. The number of rotatable bonds is 12. The Morgan fingerprint density at radius 1 is 1.00 bits per heavy atom. The molecule has 0 saturated carbocycles. The highest BCUT2D eigenvalue weighted by Crippen LogP contribution is 2.25. The van der Waals surface area contributed by atoms with E-state index in [2.05, 4.69) is 18.7 Å². The van der Waals surface area contributed by atoms with Gasteiger partial charge in [0, 0.05) is 24.3 Å². The van der Waals surface area contributed by atoms with Crippen molar-refractivity contribution in [2.45, 2.75) is 52.0 Å². The highest BCUT2D eigenvalue weighted by Gasteiger charge is 2.25. The van der Waals surface area contributed by atoms with E-state index in [1.165, 1.54) is 19.3 Å². The second-order valence-corrected chi connectivity index (χ2v) is 8.64. The lowest BCUT2D eigenvalue weighted by Crippen LogP contribution is -2.48. The smallest absolute Gasteiger partial charge is 0.265 e. The van der Waals surface area contributed by atoms with Crippen molar-refractivity contribution < 1.29 is 19.0 Å². The van der Waals surface area contributed by atoms with E-state index in [0.717, 1.165) is 49.7 Å². The van der Waals surface area contributed by atoms with Crippen LogP contribution in [0.3, 0.4) is 0 Å². The second kappa shape index (κ2) is 13.1. The fourth-order valence-electron chi connectivity index (χ4n) is 4.18. The van der Waals surface area contributed by atoms with Crippen LogP contribution in [-0.2, 0) is 4.79 Å². The summed E-state index contributed by atoms with van der Waals surface area (Å²) in [6, 6.07) is 15.2. The maximum atomic E-state index is 13.4. The van der Waals surface area contributed by atoms with Gasteiger partial charge in [0.2, 0.25) is 0 Å². The van der Waals surface area contributed by atoms with Gasteiger partial charge in [-0.15, -0.1) is 0 Å². The molecule has 1 unspecified atom stereocenters. The first kappa shape index (κ1) is 24.9. The van der Waals surface area contributed by atoms with Crippen LogP contribution < -0.4 is 19.1 Å². The number of ether oxygens (including phenoxy) is 3. The number of hydrogen-bond acceptors (Lipinski definition) is 5. The number of benzene rings is 2. The Bertz CT molecular complexity index is 849. The van der Waals surface area contributed by atoms with Gasteiger partial charge >= 0.3 is 0 Å². The number of likely N-dealkylation sites (tertiary alicyclic amines) is 1. The summed E-state index contributed by atoms with van der Waals surface area (Å²) in [5.74, 6) is 2.13. The zero-order chi connectivity index (χ0) is 23.5. The molecule has 0 radical (unpaired) electrons. The maximum absolute atomic E-state index is 13.4. The van der Waals surface area contributed by atoms with Gasteiger partial charge < -0.3 is 24.0 Å².